The number of hydrogen-bond donors (Lipinski definition) is 2. The van der Waals surface area contributed by atoms with Crippen LogP contribution >= 0.6 is 0 Å². The summed E-state index contributed by atoms with van der Waals surface area (Å²) in [5.41, 5.74) is -0.772. The van der Waals surface area contributed by atoms with E-state index in [2.05, 4.69) is 25.1 Å². The Balaban J connectivity index is 1.50. The zero-order valence-electron chi connectivity index (χ0n) is 18.8. The van der Waals surface area contributed by atoms with E-state index in [1.807, 2.05) is 0 Å². The lowest BCUT2D eigenvalue weighted by Crippen LogP contribution is -2.52. The van der Waals surface area contributed by atoms with Gasteiger partial charge < -0.3 is 20.1 Å². The van der Waals surface area contributed by atoms with Gasteiger partial charge in [0.25, 0.3) is 12.3 Å². The number of nitrogens with one attached hydrogen (secondary N) is 2. The predicted molar refractivity (Wildman–Crippen MR) is 107 cm³/mol. The Labute approximate surface area is 200 Å². The van der Waals surface area contributed by atoms with Gasteiger partial charge in [0.05, 0.1) is 6.04 Å². The minimum atomic E-state index is -5.07. The first-order valence-electron chi connectivity index (χ1n) is 11.2. The largest absolute Gasteiger partial charge is 0.522 e. The molecule has 15 heteroatoms. The van der Waals surface area contributed by atoms with Crippen LogP contribution in [0.3, 0.4) is 0 Å². The van der Waals surface area contributed by atoms with Crippen LogP contribution in [0.15, 0.2) is 10.6 Å². The highest BCUT2D eigenvalue weighted by Crippen LogP contribution is 2.55. The zero-order valence-corrected chi connectivity index (χ0v) is 18.8. The average molecular weight is 522 g/mol. The van der Waals surface area contributed by atoms with Crippen molar-refractivity contribution in [2.75, 3.05) is 19.7 Å². The third-order valence-electron chi connectivity index (χ3n) is 6.76. The van der Waals surface area contributed by atoms with E-state index in [1.54, 1.807) is 0 Å². The molecular weight excluding hydrogens is 499 g/mol. The SMILES string of the molecule is O=C1NCC[C@H]1C[C@H](NC(=O)[C@@H]1CC2(CC2)CN1C(=O)c1cc(C(F)F)on1)C(=O)COC(F)(F)F. The zero-order chi connectivity index (χ0) is 26.3. The molecule has 0 unspecified atom stereocenters. The smallest absolute Gasteiger partial charge is 0.356 e. The molecule has 1 saturated carbocycles. The number of likely N-dealkylation sites (tertiary alicyclic amines) is 1. The molecule has 3 heterocycles. The van der Waals surface area contributed by atoms with E-state index in [0.29, 0.717) is 25.8 Å². The lowest BCUT2D eigenvalue weighted by Gasteiger charge is -2.26. The van der Waals surface area contributed by atoms with Crippen molar-refractivity contribution in [3.05, 3.63) is 17.5 Å². The van der Waals surface area contributed by atoms with E-state index in [0.717, 1.165) is 11.0 Å². The van der Waals surface area contributed by atoms with Crippen LogP contribution in [-0.4, -0.2) is 71.7 Å². The molecular formula is C21H23F5N4O6. The number of aromatic nitrogens is 1. The number of alkyl halides is 5. The Morgan fingerprint density at radius 1 is 1.31 bits per heavy atom. The van der Waals surface area contributed by atoms with E-state index in [-0.39, 0.29) is 24.8 Å². The van der Waals surface area contributed by atoms with Crippen LogP contribution in [0.2, 0.25) is 0 Å². The van der Waals surface area contributed by atoms with Gasteiger partial charge in [0.1, 0.15) is 12.6 Å². The second kappa shape index (κ2) is 9.75. The topological polar surface area (TPSA) is 131 Å². The number of carbonyl (C=O) groups is 4. The van der Waals surface area contributed by atoms with Gasteiger partial charge in [-0.3, -0.25) is 23.9 Å². The van der Waals surface area contributed by atoms with Gasteiger partial charge in [0, 0.05) is 25.1 Å². The van der Waals surface area contributed by atoms with Crippen molar-refractivity contribution >= 4 is 23.5 Å². The van der Waals surface area contributed by atoms with Crippen molar-refractivity contribution in [1.82, 2.24) is 20.7 Å². The van der Waals surface area contributed by atoms with Crippen molar-refractivity contribution in [2.24, 2.45) is 11.3 Å². The lowest BCUT2D eigenvalue weighted by atomic mass is 9.95. The minimum Gasteiger partial charge on any atom is -0.356 e. The van der Waals surface area contributed by atoms with Crippen molar-refractivity contribution in [3.63, 3.8) is 0 Å². The fourth-order valence-corrected chi connectivity index (χ4v) is 4.63. The lowest BCUT2D eigenvalue weighted by molar-refractivity contribution is -0.321. The van der Waals surface area contributed by atoms with Gasteiger partial charge >= 0.3 is 6.36 Å². The van der Waals surface area contributed by atoms with Crippen LogP contribution in [0.1, 0.15) is 54.8 Å². The molecule has 3 atom stereocenters. The summed E-state index contributed by atoms with van der Waals surface area (Å²) in [6.07, 6.45) is -6.34. The number of ether oxygens (including phenoxy) is 1. The van der Waals surface area contributed by atoms with Gasteiger partial charge in [-0.1, -0.05) is 5.16 Å². The molecule has 3 amide bonds. The van der Waals surface area contributed by atoms with Crippen LogP contribution < -0.4 is 10.6 Å². The number of halogens is 5. The molecule has 0 radical (unpaired) electrons. The van der Waals surface area contributed by atoms with E-state index < -0.39 is 72.4 Å². The third-order valence-corrected chi connectivity index (χ3v) is 6.76. The number of rotatable bonds is 9. The Morgan fingerprint density at radius 3 is 2.58 bits per heavy atom. The van der Waals surface area contributed by atoms with E-state index in [1.165, 1.54) is 0 Å². The third kappa shape index (κ3) is 5.82. The molecule has 198 valence electrons. The number of hydrogen-bond acceptors (Lipinski definition) is 7. The fraction of sp³-hybridized carbons (Fsp3) is 0.667. The molecule has 3 fully saturated rings. The molecule has 0 bridgehead atoms. The monoisotopic (exact) mass is 522 g/mol. The summed E-state index contributed by atoms with van der Waals surface area (Å²) in [5, 5.41) is 8.30. The Morgan fingerprint density at radius 2 is 2.03 bits per heavy atom. The maximum Gasteiger partial charge on any atom is 0.522 e. The molecule has 1 aromatic heterocycles. The number of carbonyl (C=O) groups excluding carboxylic acids is 4. The van der Waals surface area contributed by atoms with Crippen LogP contribution in [0.4, 0.5) is 22.0 Å². The van der Waals surface area contributed by atoms with Gasteiger partial charge in [-0.05, 0) is 37.5 Å². The van der Waals surface area contributed by atoms with Gasteiger partial charge in [-0.15, -0.1) is 13.2 Å². The molecule has 1 aliphatic carbocycles. The molecule has 1 spiro atoms. The molecule has 0 aromatic carbocycles. The van der Waals surface area contributed by atoms with Crippen molar-refractivity contribution in [1.29, 1.82) is 0 Å². The molecule has 3 aliphatic rings. The highest BCUT2D eigenvalue weighted by Gasteiger charge is 2.56. The van der Waals surface area contributed by atoms with Crippen LogP contribution in [0.5, 0.6) is 0 Å². The van der Waals surface area contributed by atoms with Gasteiger partial charge in [-0.25, -0.2) is 8.78 Å². The highest BCUT2D eigenvalue weighted by molar-refractivity contribution is 5.98. The maximum atomic E-state index is 13.2. The first-order chi connectivity index (χ1) is 16.9. The second-order valence-electron chi connectivity index (χ2n) is 9.34. The normalized spacial score (nSPS) is 23.7. The quantitative estimate of drug-likeness (QED) is 0.473. The van der Waals surface area contributed by atoms with E-state index >= 15 is 0 Å². The second-order valence-corrected chi connectivity index (χ2v) is 9.34. The molecule has 2 N–H and O–H groups in total. The summed E-state index contributed by atoms with van der Waals surface area (Å²) in [6.45, 7) is -0.903. The van der Waals surface area contributed by atoms with Crippen LogP contribution in [0.25, 0.3) is 0 Å². The Bertz CT molecular complexity index is 1040. The van der Waals surface area contributed by atoms with Crippen molar-refractivity contribution in [3.8, 4) is 0 Å². The van der Waals surface area contributed by atoms with E-state index in [4.69, 9.17) is 0 Å². The maximum absolute atomic E-state index is 13.2. The summed E-state index contributed by atoms with van der Waals surface area (Å²) < 4.78 is 71.2. The molecule has 10 nitrogen and oxygen atoms in total. The fourth-order valence-electron chi connectivity index (χ4n) is 4.63. The predicted octanol–water partition coefficient (Wildman–Crippen LogP) is 1.72. The number of ketones is 1. The average Bonchev–Trinajstić information content (AvgIpc) is 3.14. The minimum absolute atomic E-state index is 0.140. The number of amides is 3. The molecule has 2 aliphatic heterocycles. The summed E-state index contributed by atoms with van der Waals surface area (Å²) in [7, 11) is 0. The number of nitrogens with zero attached hydrogens (tertiary/aromatic N) is 2. The molecule has 1 aromatic rings. The van der Waals surface area contributed by atoms with Gasteiger partial charge in [0.2, 0.25) is 17.6 Å². The first kappa shape index (κ1) is 26.0. The molecule has 36 heavy (non-hydrogen) atoms. The van der Waals surface area contributed by atoms with Crippen LogP contribution in [0, 0.1) is 11.3 Å². The van der Waals surface area contributed by atoms with Crippen molar-refractivity contribution < 1.29 is 50.4 Å². The summed E-state index contributed by atoms with van der Waals surface area (Å²) in [4.78, 5) is 51.8. The Hall–Kier alpha value is -3.10. The van der Waals surface area contributed by atoms with Gasteiger partial charge in [0.15, 0.2) is 11.5 Å². The van der Waals surface area contributed by atoms with Crippen LogP contribution in [-0.2, 0) is 19.1 Å². The standard InChI is InChI=1S/C21H23F5N4O6/c22-16(23)15-6-12(29-36-15)19(34)30-9-20(2-3-20)7-13(30)18(33)28-11(5-10-1-4-27-17(10)32)14(31)8-35-21(24,25)26/h6,10-11,13,16H,1-5,7-9H2,(H,27,32)(H,28,33)/t10-,11-,13-/m0/s1. The van der Waals surface area contributed by atoms with Gasteiger partial charge in [-0.2, -0.15) is 0 Å². The summed E-state index contributed by atoms with van der Waals surface area (Å²) in [6, 6.07) is -1.82. The molecule has 2 saturated heterocycles. The summed E-state index contributed by atoms with van der Waals surface area (Å²) >= 11 is 0. The highest BCUT2D eigenvalue weighted by atomic mass is 19.4. The Kier molecular flexibility index (Phi) is 7.03. The summed E-state index contributed by atoms with van der Waals surface area (Å²) in [5.74, 6) is -4.64. The molecule has 4 rings (SSSR count). The number of Topliss-reactive ketones (excluding diaryl/α,β-unsaturated/α-hetero) is 1. The van der Waals surface area contributed by atoms with E-state index in [9.17, 15) is 41.1 Å². The first-order valence-corrected chi connectivity index (χ1v) is 11.2. The van der Waals surface area contributed by atoms with Crippen molar-refractivity contribution in [2.45, 2.75) is 57.0 Å².